The van der Waals surface area contributed by atoms with Crippen LogP contribution in [0.4, 0.5) is 3.89 Å². The summed E-state index contributed by atoms with van der Waals surface area (Å²) in [5.74, 6) is 0. The largest absolute Gasteiger partial charge is 0.332 e. The van der Waals surface area contributed by atoms with Gasteiger partial charge in [-0.25, -0.2) is 0 Å². The van der Waals surface area contributed by atoms with Crippen LogP contribution in [0.5, 0.6) is 0 Å². The van der Waals surface area contributed by atoms with Crippen molar-refractivity contribution in [1.29, 1.82) is 0 Å². The monoisotopic (exact) mass is 284 g/mol. The first-order valence-electron chi connectivity index (χ1n) is 6.17. The van der Waals surface area contributed by atoms with E-state index in [0.29, 0.717) is 0 Å². The third-order valence-electron chi connectivity index (χ3n) is 3.76. The van der Waals surface area contributed by atoms with Gasteiger partial charge < -0.3 is 0 Å². The third-order valence-corrected chi connectivity index (χ3v) is 4.57. The minimum atomic E-state index is -4.68. The molecule has 1 aliphatic rings. The van der Waals surface area contributed by atoms with E-state index in [2.05, 4.69) is 0 Å². The van der Waals surface area contributed by atoms with Crippen LogP contribution in [-0.2, 0) is 10.2 Å². The fourth-order valence-electron chi connectivity index (χ4n) is 2.92. The molecule has 0 spiro atoms. The van der Waals surface area contributed by atoms with Crippen LogP contribution >= 0.6 is 0 Å². The summed E-state index contributed by atoms with van der Waals surface area (Å²) >= 11 is 0. The molecule has 0 saturated carbocycles. The molecule has 0 aliphatic heterocycles. The van der Waals surface area contributed by atoms with Gasteiger partial charge in [0.25, 0.3) is 0 Å². The van der Waals surface area contributed by atoms with Gasteiger partial charge in [0.15, 0.2) is 0 Å². The first-order valence-corrected chi connectivity index (χ1v) is 7.55. The van der Waals surface area contributed by atoms with Gasteiger partial charge in [0.1, 0.15) is 0 Å². The minimum Gasteiger partial charge on any atom is -0.189 e. The molecule has 0 saturated heterocycles. The fraction of sp³-hybridized carbons (Fsp3) is 0. The quantitative estimate of drug-likeness (QED) is 0.492. The van der Waals surface area contributed by atoms with Crippen molar-refractivity contribution in [3.05, 3.63) is 54.6 Å². The molecule has 0 fully saturated rings. The number of rotatable bonds is 1. The lowest BCUT2D eigenvalue weighted by Crippen LogP contribution is -1.92. The van der Waals surface area contributed by atoms with E-state index < -0.39 is 10.2 Å². The molecule has 2 nitrogen and oxygen atoms in total. The minimum absolute atomic E-state index is 0.291. The van der Waals surface area contributed by atoms with E-state index in [4.69, 9.17) is 0 Å². The maximum Gasteiger partial charge on any atom is 0.332 e. The highest BCUT2D eigenvalue weighted by Crippen LogP contribution is 2.47. The maximum atomic E-state index is 13.2. The number of hydrogen-bond acceptors (Lipinski definition) is 2. The fourth-order valence-corrected chi connectivity index (χ4v) is 3.41. The molecular formula is C16H9FO2S. The molecule has 0 aromatic heterocycles. The van der Waals surface area contributed by atoms with Crippen LogP contribution in [0.3, 0.4) is 0 Å². The van der Waals surface area contributed by atoms with Gasteiger partial charge in [-0.2, -0.15) is 8.42 Å². The van der Waals surface area contributed by atoms with E-state index >= 15 is 0 Å². The lowest BCUT2D eigenvalue weighted by atomic mass is 10.0. The molecule has 0 amide bonds. The first kappa shape index (κ1) is 11.6. The molecule has 20 heavy (non-hydrogen) atoms. The average molecular weight is 284 g/mol. The Morgan fingerprint density at radius 2 is 1.40 bits per heavy atom. The van der Waals surface area contributed by atoms with Crippen LogP contribution in [0.25, 0.3) is 33.0 Å². The summed E-state index contributed by atoms with van der Waals surface area (Å²) in [5, 5.41) is 2.19. The van der Waals surface area contributed by atoms with Crippen LogP contribution in [-0.4, -0.2) is 8.42 Å². The normalized spacial score (nSPS) is 12.7. The highest BCUT2D eigenvalue weighted by molar-refractivity contribution is 7.86. The molecule has 3 aromatic rings. The third kappa shape index (κ3) is 1.45. The molecule has 4 heteroatoms. The Balaban J connectivity index is 2.14. The summed E-state index contributed by atoms with van der Waals surface area (Å²) in [4.78, 5) is -0.291. The second-order valence-corrected chi connectivity index (χ2v) is 6.20. The summed E-state index contributed by atoms with van der Waals surface area (Å²) in [6.07, 6.45) is 0. The molecule has 0 radical (unpaired) electrons. The molecule has 98 valence electrons. The van der Waals surface area contributed by atoms with Crippen molar-refractivity contribution in [1.82, 2.24) is 0 Å². The van der Waals surface area contributed by atoms with Crippen LogP contribution in [0.15, 0.2) is 59.5 Å². The zero-order valence-corrected chi connectivity index (χ0v) is 11.1. The summed E-state index contributed by atoms with van der Waals surface area (Å²) in [6, 6.07) is 16.3. The van der Waals surface area contributed by atoms with Gasteiger partial charge in [-0.05, 0) is 45.2 Å². The van der Waals surface area contributed by atoms with Crippen molar-refractivity contribution < 1.29 is 12.3 Å². The highest BCUT2D eigenvalue weighted by Gasteiger charge is 2.23. The topological polar surface area (TPSA) is 34.1 Å². The Morgan fingerprint density at radius 1 is 0.750 bits per heavy atom. The predicted octanol–water partition coefficient (Wildman–Crippen LogP) is 4.15. The Kier molecular flexibility index (Phi) is 2.13. The standard InChI is InChI=1S/C16H9FO2S/c17-20(18,19)11-7-8-12-13-5-1-3-10-4-2-6-14(16(10)13)15(12)9-11/h1-9H. The van der Waals surface area contributed by atoms with Crippen molar-refractivity contribution in [2.75, 3.05) is 0 Å². The highest BCUT2D eigenvalue weighted by atomic mass is 32.3. The first-order chi connectivity index (χ1) is 9.55. The van der Waals surface area contributed by atoms with Gasteiger partial charge in [-0.1, -0.05) is 42.5 Å². The van der Waals surface area contributed by atoms with E-state index in [1.54, 1.807) is 6.07 Å². The Labute approximate surface area is 115 Å². The summed E-state index contributed by atoms with van der Waals surface area (Å²) in [7, 11) is -4.68. The second kappa shape index (κ2) is 3.67. The Morgan fingerprint density at radius 3 is 2.05 bits per heavy atom. The van der Waals surface area contributed by atoms with Gasteiger partial charge >= 0.3 is 10.2 Å². The summed E-state index contributed by atoms with van der Waals surface area (Å²) in [6.45, 7) is 0. The molecule has 4 rings (SSSR count). The second-order valence-electron chi connectivity index (χ2n) is 4.85. The lowest BCUT2D eigenvalue weighted by molar-refractivity contribution is 0.552. The number of benzene rings is 3. The van der Waals surface area contributed by atoms with E-state index in [9.17, 15) is 12.3 Å². The smallest absolute Gasteiger partial charge is 0.189 e. The van der Waals surface area contributed by atoms with Gasteiger partial charge in [0, 0.05) is 0 Å². The SMILES string of the molecule is O=S(=O)(F)c1ccc2c(c1)-c1cccc3cccc-2c13. The molecule has 0 N–H and O–H groups in total. The van der Waals surface area contributed by atoms with Gasteiger partial charge in [0.2, 0.25) is 0 Å². The van der Waals surface area contributed by atoms with Crippen LogP contribution in [0, 0.1) is 0 Å². The number of halogens is 1. The van der Waals surface area contributed by atoms with Gasteiger partial charge in [-0.3, -0.25) is 0 Å². The van der Waals surface area contributed by atoms with E-state index in [0.717, 1.165) is 33.0 Å². The zero-order chi connectivity index (χ0) is 13.9. The van der Waals surface area contributed by atoms with Gasteiger partial charge in [-0.15, -0.1) is 3.89 Å². The van der Waals surface area contributed by atoms with Crippen molar-refractivity contribution >= 4 is 21.0 Å². The maximum absolute atomic E-state index is 13.2. The molecular weight excluding hydrogens is 275 g/mol. The summed E-state index contributed by atoms with van der Waals surface area (Å²) in [5.41, 5.74) is 3.74. The van der Waals surface area contributed by atoms with E-state index in [1.807, 2.05) is 36.4 Å². The Bertz CT molecular complexity index is 970. The lowest BCUT2D eigenvalue weighted by Gasteiger charge is -2.03. The van der Waals surface area contributed by atoms with Crippen LogP contribution in [0.2, 0.25) is 0 Å². The van der Waals surface area contributed by atoms with Crippen molar-refractivity contribution in [2.45, 2.75) is 4.90 Å². The summed E-state index contributed by atoms with van der Waals surface area (Å²) < 4.78 is 35.3. The molecule has 0 atom stereocenters. The molecule has 3 aromatic carbocycles. The van der Waals surface area contributed by atoms with Crippen molar-refractivity contribution in [3.8, 4) is 22.3 Å². The molecule has 0 unspecified atom stereocenters. The number of fused-ring (bicyclic) bond motifs is 3. The van der Waals surface area contributed by atoms with Crippen LogP contribution in [0.1, 0.15) is 0 Å². The van der Waals surface area contributed by atoms with E-state index in [-0.39, 0.29) is 4.90 Å². The molecule has 1 aliphatic carbocycles. The van der Waals surface area contributed by atoms with Gasteiger partial charge in [0.05, 0.1) is 4.90 Å². The number of hydrogen-bond donors (Lipinski definition) is 0. The zero-order valence-electron chi connectivity index (χ0n) is 10.3. The van der Waals surface area contributed by atoms with Crippen LogP contribution < -0.4 is 0 Å². The van der Waals surface area contributed by atoms with Crippen molar-refractivity contribution in [2.24, 2.45) is 0 Å². The predicted molar refractivity (Wildman–Crippen MR) is 76.7 cm³/mol. The Hall–Kier alpha value is -2.20. The molecule has 0 bridgehead atoms. The van der Waals surface area contributed by atoms with E-state index in [1.165, 1.54) is 12.1 Å². The van der Waals surface area contributed by atoms with Crippen molar-refractivity contribution in [3.63, 3.8) is 0 Å². The molecule has 0 heterocycles. The average Bonchev–Trinajstić information content (AvgIpc) is 2.75.